The lowest BCUT2D eigenvalue weighted by molar-refractivity contribution is 0.00945. The Balaban J connectivity index is 1.89. The zero-order chi connectivity index (χ0) is 13.0. The number of nitrogens with zero attached hydrogens (tertiary/aromatic N) is 4. The maximum absolute atomic E-state index is 11.5. The normalized spacial score (nSPS) is 25.4. The van der Waals surface area contributed by atoms with Gasteiger partial charge in [0.05, 0.1) is 25.3 Å². The first-order chi connectivity index (χ1) is 9.25. The average molecular weight is 260 g/mol. The van der Waals surface area contributed by atoms with E-state index in [4.69, 9.17) is 4.74 Å². The third-order valence-electron chi connectivity index (χ3n) is 3.79. The highest BCUT2D eigenvalue weighted by molar-refractivity contribution is 6.00. The summed E-state index contributed by atoms with van der Waals surface area (Å²) in [6.45, 7) is 1.27. The highest BCUT2D eigenvalue weighted by atomic mass is 16.5. The number of fused-ring (bicyclic) bond motifs is 3. The Hall–Kier alpha value is -2.15. The first kappa shape index (κ1) is 10.7. The summed E-state index contributed by atoms with van der Waals surface area (Å²) >= 11 is 0. The van der Waals surface area contributed by atoms with Crippen molar-refractivity contribution in [1.29, 1.82) is 0 Å². The second kappa shape index (κ2) is 3.67. The molecule has 2 aromatic rings. The van der Waals surface area contributed by atoms with Gasteiger partial charge < -0.3 is 14.7 Å². The minimum absolute atomic E-state index is 0.178. The van der Waals surface area contributed by atoms with Crippen LogP contribution in [0.15, 0.2) is 18.5 Å². The fourth-order valence-electron chi connectivity index (χ4n) is 2.93. The molecule has 4 rings (SSSR count). The number of rotatable bonds is 2. The smallest absolute Gasteiger partial charge is 0.343 e. The number of carboxylic acids is 1. The molecule has 4 heterocycles. The Labute approximate surface area is 108 Å². The quantitative estimate of drug-likeness (QED) is 0.842. The van der Waals surface area contributed by atoms with Crippen LogP contribution in [0.25, 0.3) is 5.65 Å². The van der Waals surface area contributed by atoms with Crippen molar-refractivity contribution in [3.05, 3.63) is 24.0 Å². The van der Waals surface area contributed by atoms with Crippen LogP contribution >= 0.6 is 0 Å². The van der Waals surface area contributed by atoms with Gasteiger partial charge in [-0.2, -0.15) is 0 Å². The molecule has 0 radical (unpaired) electrons. The van der Waals surface area contributed by atoms with Gasteiger partial charge >= 0.3 is 5.97 Å². The van der Waals surface area contributed by atoms with Crippen molar-refractivity contribution in [3.63, 3.8) is 0 Å². The molecule has 0 aromatic carbocycles. The monoisotopic (exact) mass is 260 g/mol. The van der Waals surface area contributed by atoms with Crippen molar-refractivity contribution in [3.8, 4) is 0 Å². The van der Waals surface area contributed by atoms with Crippen LogP contribution in [0.4, 0.5) is 5.82 Å². The Morgan fingerprint density at radius 2 is 2.21 bits per heavy atom. The Bertz CT molecular complexity index is 654. The van der Waals surface area contributed by atoms with Gasteiger partial charge in [0.15, 0.2) is 11.5 Å². The summed E-state index contributed by atoms with van der Waals surface area (Å²) in [5.41, 5.74) is 0.563. The minimum Gasteiger partial charge on any atom is -0.477 e. The van der Waals surface area contributed by atoms with Gasteiger partial charge in [-0.25, -0.2) is 14.3 Å². The number of ether oxygens (including phenoxy) is 1. The van der Waals surface area contributed by atoms with Gasteiger partial charge in [-0.3, -0.25) is 0 Å². The van der Waals surface area contributed by atoms with Crippen molar-refractivity contribution in [2.45, 2.75) is 18.5 Å². The molecule has 2 aliphatic rings. The predicted octanol–water partition coefficient (Wildman–Crippen LogP) is 0.405. The van der Waals surface area contributed by atoms with Crippen molar-refractivity contribution in [2.24, 2.45) is 0 Å². The van der Waals surface area contributed by atoms with Crippen LogP contribution in [0, 0.1) is 0 Å². The number of aromatic carboxylic acids is 1. The molecule has 19 heavy (non-hydrogen) atoms. The van der Waals surface area contributed by atoms with Gasteiger partial charge in [0.25, 0.3) is 0 Å². The number of anilines is 1. The zero-order valence-electron chi connectivity index (χ0n) is 10.1. The van der Waals surface area contributed by atoms with Gasteiger partial charge in [-0.15, -0.1) is 5.10 Å². The summed E-state index contributed by atoms with van der Waals surface area (Å²) in [5, 5.41) is 13.8. The number of morpholine rings is 1. The van der Waals surface area contributed by atoms with E-state index in [-0.39, 0.29) is 17.6 Å². The fourth-order valence-corrected chi connectivity index (χ4v) is 2.93. The average Bonchev–Trinajstić information content (AvgIpc) is 2.77. The third kappa shape index (κ3) is 1.39. The molecule has 2 bridgehead atoms. The van der Waals surface area contributed by atoms with E-state index in [1.54, 1.807) is 18.5 Å². The van der Waals surface area contributed by atoms with E-state index >= 15 is 0 Å². The van der Waals surface area contributed by atoms with Gasteiger partial charge in [0.1, 0.15) is 5.56 Å². The van der Waals surface area contributed by atoms with Crippen LogP contribution in [-0.4, -0.2) is 51.0 Å². The lowest BCUT2D eigenvalue weighted by atomic mass is 9.91. The first-order valence-corrected chi connectivity index (χ1v) is 6.18. The van der Waals surface area contributed by atoms with Crippen LogP contribution in [0.5, 0.6) is 0 Å². The topological polar surface area (TPSA) is 80.0 Å². The Morgan fingerprint density at radius 1 is 1.42 bits per heavy atom. The first-order valence-electron chi connectivity index (χ1n) is 6.18. The summed E-state index contributed by atoms with van der Waals surface area (Å²) in [6, 6.07) is 2.21. The highest BCUT2D eigenvalue weighted by Gasteiger charge is 2.45. The van der Waals surface area contributed by atoms with Crippen molar-refractivity contribution >= 4 is 17.4 Å². The van der Waals surface area contributed by atoms with Gasteiger partial charge in [0, 0.05) is 12.4 Å². The standard InChI is InChI=1S/C12H12N4O3/c17-12(18)9-10-13-2-1-3-15(10)14-11(9)16-7-4-8(16)6-19-5-7/h1-3,7-8H,4-6H2,(H,17,18). The Morgan fingerprint density at radius 3 is 2.89 bits per heavy atom. The van der Waals surface area contributed by atoms with E-state index in [9.17, 15) is 9.90 Å². The molecule has 98 valence electrons. The lowest BCUT2D eigenvalue weighted by Gasteiger charge is -2.52. The SMILES string of the molecule is O=C(O)c1c(N2C3COCC2C3)nn2cccnc12. The summed E-state index contributed by atoms with van der Waals surface area (Å²) in [7, 11) is 0. The molecule has 0 spiro atoms. The van der Waals surface area contributed by atoms with Crippen LogP contribution in [0.2, 0.25) is 0 Å². The van der Waals surface area contributed by atoms with Gasteiger partial charge in [-0.05, 0) is 12.5 Å². The van der Waals surface area contributed by atoms with Crippen molar-refractivity contribution in [1.82, 2.24) is 14.6 Å². The van der Waals surface area contributed by atoms with E-state index in [2.05, 4.69) is 15.0 Å². The number of hydrogen-bond donors (Lipinski definition) is 1. The Kier molecular flexibility index (Phi) is 2.08. The fraction of sp³-hybridized carbons (Fsp3) is 0.417. The molecule has 0 saturated carbocycles. The molecule has 1 N–H and O–H groups in total. The number of hydrogen-bond acceptors (Lipinski definition) is 5. The molecule has 2 fully saturated rings. The molecular weight excluding hydrogens is 248 g/mol. The number of carboxylic acid groups (broad SMARTS) is 1. The second-order valence-electron chi connectivity index (χ2n) is 4.88. The molecule has 2 unspecified atom stereocenters. The summed E-state index contributed by atoms with van der Waals surface area (Å²) in [6.07, 6.45) is 4.33. The number of carbonyl (C=O) groups is 1. The molecule has 2 aliphatic heterocycles. The van der Waals surface area contributed by atoms with Gasteiger partial charge in [0.2, 0.25) is 0 Å². The summed E-state index contributed by atoms with van der Waals surface area (Å²) < 4.78 is 6.94. The van der Waals surface area contributed by atoms with E-state index in [1.807, 2.05) is 0 Å². The molecule has 7 nitrogen and oxygen atoms in total. The molecule has 0 aliphatic carbocycles. The largest absolute Gasteiger partial charge is 0.477 e. The third-order valence-corrected chi connectivity index (χ3v) is 3.79. The maximum Gasteiger partial charge on any atom is 0.343 e. The molecule has 0 amide bonds. The van der Waals surface area contributed by atoms with E-state index in [0.717, 1.165) is 6.42 Å². The van der Waals surface area contributed by atoms with E-state index in [0.29, 0.717) is 24.7 Å². The van der Waals surface area contributed by atoms with E-state index < -0.39 is 5.97 Å². The van der Waals surface area contributed by atoms with Crippen molar-refractivity contribution in [2.75, 3.05) is 18.1 Å². The number of aromatic nitrogens is 3. The molecule has 2 atom stereocenters. The van der Waals surface area contributed by atoms with Crippen LogP contribution < -0.4 is 4.90 Å². The molecule has 2 saturated heterocycles. The molecular formula is C12H12N4O3. The summed E-state index contributed by atoms with van der Waals surface area (Å²) in [4.78, 5) is 17.7. The van der Waals surface area contributed by atoms with Crippen LogP contribution in [0.1, 0.15) is 16.8 Å². The predicted molar refractivity (Wildman–Crippen MR) is 65.4 cm³/mol. The zero-order valence-corrected chi connectivity index (χ0v) is 10.1. The highest BCUT2D eigenvalue weighted by Crippen LogP contribution is 2.37. The second-order valence-corrected chi connectivity index (χ2v) is 4.88. The van der Waals surface area contributed by atoms with Crippen LogP contribution in [0.3, 0.4) is 0 Å². The van der Waals surface area contributed by atoms with Crippen LogP contribution in [-0.2, 0) is 4.74 Å². The lowest BCUT2D eigenvalue weighted by Crippen LogP contribution is -2.64. The molecule has 2 aromatic heterocycles. The van der Waals surface area contributed by atoms with Gasteiger partial charge in [-0.1, -0.05) is 0 Å². The maximum atomic E-state index is 11.5. The van der Waals surface area contributed by atoms with Crippen molar-refractivity contribution < 1.29 is 14.6 Å². The minimum atomic E-state index is -0.991. The summed E-state index contributed by atoms with van der Waals surface area (Å²) in [5.74, 6) is -0.481. The van der Waals surface area contributed by atoms with E-state index in [1.165, 1.54) is 4.52 Å². The molecule has 7 heteroatoms.